The fraction of sp³-hybridized carbons (Fsp3) is 0.118. The molecule has 1 amide bonds. The van der Waals surface area contributed by atoms with Gasteiger partial charge in [-0.3, -0.25) is 4.79 Å². The quantitative estimate of drug-likeness (QED) is 0.644. The van der Waals surface area contributed by atoms with Gasteiger partial charge in [0.15, 0.2) is 4.34 Å². The molecule has 24 heavy (non-hydrogen) atoms. The number of amides is 1. The molecule has 5 nitrogen and oxygen atoms in total. The maximum atomic E-state index is 12.0. The van der Waals surface area contributed by atoms with Crippen molar-refractivity contribution in [2.24, 2.45) is 0 Å². The van der Waals surface area contributed by atoms with Crippen molar-refractivity contribution in [1.29, 1.82) is 0 Å². The van der Waals surface area contributed by atoms with Crippen LogP contribution in [0.3, 0.4) is 0 Å². The van der Waals surface area contributed by atoms with Crippen molar-refractivity contribution in [3.05, 3.63) is 60.2 Å². The van der Waals surface area contributed by atoms with Crippen molar-refractivity contribution in [2.75, 3.05) is 16.4 Å². The number of rotatable bonds is 6. The molecule has 2 N–H and O–H groups in total. The van der Waals surface area contributed by atoms with Crippen molar-refractivity contribution >= 4 is 45.5 Å². The van der Waals surface area contributed by atoms with E-state index in [0.29, 0.717) is 10.9 Å². The SMILES string of the molecule is Cc1ccc(NC(=O)CSc2nnc(Nc3ccccc3)s2)cc1. The molecular weight excluding hydrogens is 340 g/mol. The summed E-state index contributed by atoms with van der Waals surface area (Å²) in [6, 6.07) is 17.5. The lowest BCUT2D eigenvalue weighted by Crippen LogP contribution is -2.13. The van der Waals surface area contributed by atoms with Gasteiger partial charge in [0.25, 0.3) is 0 Å². The van der Waals surface area contributed by atoms with Crippen LogP contribution in [0.1, 0.15) is 5.56 Å². The van der Waals surface area contributed by atoms with Crippen LogP contribution in [0.5, 0.6) is 0 Å². The van der Waals surface area contributed by atoms with Gasteiger partial charge in [0, 0.05) is 11.4 Å². The molecule has 0 unspecified atom stereocenters. The second-order valence-electron chi connectivity index (χ2n) is 5.07. The molecule has 0 aliphatic heterocycles. The third-order valence-electron chi connectivity index (χ3n) is 3.09. The molecule has 1 heterocycles. The summed E-state index contributed by atoms with van der Waals surface area (Å²) in [5.74, 6) is 0.241. The number of aromatic nitrogens is 2. The maximum absolute atomic E-state index is 12.0. The van der Waals surface area contributed by atoms with E-state index >= 15 is 0 Å². The average molecular weight is 356 g/mol. The first-order valence-electron chi connectivity index (χ1n) is 7.34. The third kappa shape index (κ3) is 4.81. The lowest BCUT2D eigenvalue weighted by molar-refractivity contribution is -0.113. The zero-order chi connectivity index (χ0) is 16.8. The van der Waals surface area contributed by atoms with Gasteiger partial charge in [-0.2, -0.15) is 0 Å². The van der Waals surface area contributed by atoms with Gasteiger partial charge in [-0.05, 0) is 31.2 Å². The topological polar surface area (TPSA) is 66.9 Å². The molecule has 1 aromatic heterocycles. The highest BCUT2D eigenvalue weighted by Crippen LogP contribution is 2.27. The number of thioether (sulfide) groups is 1. The number of benzene rings is 2. The van der Waals surface area contributed by atoms with Crippen molar-refractivity contribution in [2.45, 2.75) is 11.3 Å². The summed E-state index contributed by atoms with van der Waals surface area (Å²) >= 11 is 2.80. The minimum atomic E-state index is -0.0587. The summed E-state index contributed by atoms with van der Waals surface area (Å²) in [6.07, 6.45) is 0. The molecule has 0 radical (unpaired) electrons. The van der Waals surface area contributed by atoms with Crippen LogP contribution in [-0.2, 0) is 4.79 Å². The number of nitrogens with one attached hydrogen (secondary N) is 2. The van der Waals surface area contributed by atoms with Crippen molar-refractivity contribution in [3.63, 3.8) is 0 Å². The molecule has 0 saturated carbocycles. The monoisotopic (exact) mass is 356 g/mol. The standard InChI is InChI=1S/C17H16N4OS2/c1-12-7-9-14(10-8-12)18-15(22)11-23-17-21-20-16(24-17)19-13-5-3-2-4-6-13/h2-10H,11H2,1H3,(H,18,22)(H,19,20). The Morgan fingerprint density at radius 1 is 1.04 bits per heavy atom. The largest absolute Gasteiger partial charge is 0.330 e. The van der Waals surface area contributed by atoms with Crippen LogP contribution in [0.4, 0.5) is 16.5 Å². The first-order chi connectivity index (χ1) is 11.7. The smallest absolute Gasteiger partial charge is 0.234 e. The minimum absolute atomic E-state index is 0.0587. The van der Waals surface area contributed by atoms with Crippen LogP contribution in [0.2, 0.25) is 0 Å². The normalized spacial score (nSPS) is 10.4. The molecule has 3 rings (SSSR count). The molecule has 0 aliphatic carbocycles. The van der Waals surface area contributed by atoms with E-state index in [1.165, 1.54) is 23.1 Å². The Labute approximate surface area is 148 Å². The average Bonchev–Trinajstić information content (AvgIpc) is 3.03. The zero-order valence-electron chi connectivity index (χ0n) is 13.0. The molecule has 0 bridgehead atoms. The van der Waals surface area contributed by atoms with Crippen LogP contribution in [0, 0.1) is 6.92 Å². The summed E-state index contributed by atoms with van der Waals surface area (Å²) in [6.45, 7) is 2.01. The van der Waals surface area contributed by atoms with Gasteiger partial charge in [0.05, 0.1) is 5.75 Å². The Hall–Kier alpha value is -2.38. The number of aryl methyl sites for hydroxylation is 1. The number of nitrogens with zero attached hydrogens (tertiary/aromatic N) is 2. The number of carbonyl (C=O) groups excluding carboxylic acids is 1. The molecule has 7 heteroatoms. The maximum Gasteiger partial charge on any atom is 0.234 e. The van der Waals surface area contributed by atoms with Gasteiger partial charge >= 0.3 is 0 Å². The van der Waals surface area contributed by atoms with E-state index in [1.807, 2.05) is 61.5 Å². The Kier molecular flexibility index (Phi) is 5.45. The van der Waals surface area contributed by atoms with Crippen LogP contribution in [0.15, 0.2) is 58.9 Å². The summed E-state index contributed by atoms with van der Waals surface area (Å²) in [4.78, 5) is 12.0. The van der Waals surface area contributed by atoms with E-state index in [2.05, 4.69) is 20.8 Å². The predicted molar refractivity (Wildman–Crippen MR) is 100 cm³/mol. The third-order valence-corrected chi connectivity index (χ3v) is 5.07. The van der Waals surface area contributed by atoms with Gasteiger partial charge in [0.2, 0.25) is 11.0 Å². The van der Waals surface area contributed by atoms with Gasteiger partial charge in [0.1, 0.15) is 0 Å². The van der Waals surface area contributed by atoms with Gasteiger partial charge in [-0.25, -0.2) is 0 Å². The molecule has 0 spiro atoms. The Bertz CT molecular complexity index is 803. The van der Waals surface area contributed by atoms with Crippen LogP contribution in [0.25, 0.3) is 0 Å². The van der Waals surface area contributed by atoms with Gasteiger partial charge < -0.3 is 10.6 Å². The molecular formula is C17H16N4OS2. The number of para-hydroxylation sites is 1. The van der Waals surface area contributed by atoms with Crippen LogP contribution >= 0.6 is 23.1 Å². The Balaban J connectivity index is 1.50. The predicted octanol–water partition coefficient (Wildman–Crippen LogP) is 4.32. The minimum Gasteiger partial charge on any atom is -0.330 e. The number of hydrogen-bond acceptors (Lipinski definition) is 6. The van der Waals surface area contributed by atoms with Crippen molar-refractivity contribution in [1.82, 2.24) is 10.2 Å². The van der Waals surface area contributed by atoms with E-state index in [0.717, 1.165) is 21.3 Å². The van der Waals surface area contributed by atoms with E-state index in [9.17, 15) is 4.79 Å². The highest BCUT2D eigenvalue weighted by Gasteiger charge is 2.08. The Morgan fingerprint density at radius 2 is 1.79 bits per heavy atom. The molecule has 0 aliphatic rings. The van der Waals surface area contributed by atoms with Crippen molar-refractivity contribution < 1.29 is 4.79 Å². The van der Waals surface area contributed by atoms with Crippen LogP contribution in [-0.4, -0.2) is 21.9 Å². The highest BCUT2D eigenvalue weighted by atomic mass is 32.2. The lowest BCUT2D eigenvalue weighted by atomic mass is 10.2. The fourth-order valence-electron chi connectivity index (χ4n) is 1.92. The summed E-state index contributed by atoms with van der Waals surface area (Å²) in [5, 5.41) is 14.9. The molecule has 122 valence electrons. The summed E-state index contributed by atoms with van der Waals surface area (Å²) < 4.78 is 0.757. The molecule has 0 saturated heterocycles. The fourth-order valence-corrected chi connectivity index (χ4v) is 3.50. The van der Waals surface area contributed by atoms with Crippen LogP contribution < -0.4 is 10.6 Å². The first-order valence-corrected chi connectivity index (χ1v) is 9.14. The van der Waals surface area contributed by atoms with E-state index in [-0.39, 0.29) is 5.91 Å². The highest BCUT2D eigenvalue weighted by molar-refractivity contribution is 8.01. The summed E-state index contributed by atoms with van der Waals surface area (Å²) in [7, 11) is 0. The number of anilines is 3. The molecule has 3 aromatic rings. The lowest BCUT2D eigenvalue weighted by Gasteiger charge is -2.04. The molecule has 2 aromatic carbocycles. The van der Waals surface area contributed by atoms with Gasteiger partial charge in [-0.1, -0.05) is 59.0 Å². The van der Waals surface area contributed by atoms with E-state index < -0.39 is 0 Å². The second kappa shape index (κ2) is 7.94. The summed E-state index contributed by atoms with van der Waals surface area (Å²) in [5.41, 5.74) is 2.92. The van der Waals surface area contributed by atoms with Gasteiger partial charge in [-0.15, -0.1) is 10.2 Å². The van der Waals surface area contributed by atoms with E-state index in [1.54, 1.807) is 0 Å². The van der Waals surface area contributed by atoms with Crippen molar-refractivity contribution in [3.8, 4) is 0 Å². The number of hydrogen-bond donors (Lipinski definition) is 2. The molecule has 0 atom stereocenters. The first kappa shape index (κ1) is 16.5. The molecule has 0 fully saturated rings. The second-order valence-corrected chi connectivity index (χ2v) is 7.27. The number of carbonyl (C=O) groups is 1. The van der Waals surface area contributed by atoms with E-state index in [4.69, 9.17) is 0 Å². The zero-order valence-corrected chi connectivity index (χ0v) is 14.7. The Morgan fingerprint density at radius 3 is 2.54 bits per heavy atom.